The van der Waals surface area contributed by atoms with E-state index in [4.69, 9.17) is 0 Å². The molecule has 2 nitrogen and oxygen atoms in total. The monoisotopic (exact) mass is 324 g/mol. The first-order valence-corrected chi connectivity index (χ1v) is 7.76. The van der Waals surface area contributed by atoms with Crippen LogP contribution >= 0.6 is 15.9 Å². The lowest BCUT2D eigenvalue weighted by atomic mass is 9.69. The fraction of sp³-hybridized carbons (Fsp3) is 0.562. The Morgan fingerprint density at radius 1 is 1.21 bits per heavy atom. The Hall–Kier alpha value is -0.830. The zero-order valence-corrected chi connectivity index (χ0v) is 13.1. The summed E-state index contributed by atoms with van der Waals surface area (Å²) in [7, 11) is 0. The van der Waals surface area contributed by atoms with Gasteiger partial charge in [-0.05, 0) is 48.3 Å². The van der Waals surface area contributed by atoms with E-state index in [0.29, 0.717) is 5.92 Å². The third kappa shape index (κ3) is 3.38. The average molecular weight is 325 g/mol. The molecule has 104 valence electrons. The minimum atomic E-state index is -0.686. The summed E-state index contributed by atoms with van der Waals surface area (Å²) in [4.78, 5) is 11.7. The number of rotatable bonds is 3. The van der Waals surface area contributed by atoms with Gasteiger partial charge in [-0.15, -0.1) is 0 Å². The normalized spacial score (nSPS) is 28.9. The van der Waals surface area contributed by atoms with Crippen LogP contribution in [0.4, 0.5) is 0 Å². The largest absolute Gasteiger partial charge is 0.481 e. The molecule has 1 aliphatic rings. The maximum Gasteiger partial charge on any atom is 0.311 e. The molecule has 1 N–H and O–H groups in total. The summed E-state index contributed by atoms with van der Waals surface area (Å²) >= 11 is 3.40. The molecule has 1 saturated carbocycles. The molecule has 19 heavy (non-hydrogen) atoms. The van der Waals surface area contributed by atoms with E-state index in [1.165, 1.54) is 0 Å². The van der Waals surface area contributed by atoms with Gasteiger partial charge in [-0.25, -0.2) is 0 Å². The highest BCUT2D eigenvalue weighted by Gasteiger charge is 2.34. The summed E-state index contributed by atoms with van der Waals surface area (Å²) in [5, 5.41) is 9.59. The van der Waals surface area contributed by atoms with E-state index in [1.807, 2.05) is 24.3 Å². The number of halogens is 1. The van der Waals surface area contributed by atoms with Crippen molar-refractivity contribution in [3.63, 3.8) is 0 Å². The van der Waals surface area contributed by atoms with Crippen molar-refractivity contribution in [2.24, 2.45) is 17.8 Å². The SMILES string of the molecule is CC1CCC(C(C(=O)O)c2ccc(Br)cc2)CC1C. The van der Waals surface area contributed by atoms with Crippen LogP contribution in [0.3, 0.4) is 0 Å². The van der Waals surface area contributed by atoms with E-state index < -0.39 is 5.97 Å². The van der Waals surface area contributed by atoms with Gasteiger partial charge in [-0.1, -0.05) is 48.3 Å². The van der Waals surface area contributed by atoms with E-state index in [1.54, 1.807) is 0 Å². The molecular weight excluding hydrogens is 304 g/mol. The van der Waals surface area contributed by atoms with Gasteiger partial charge in [0.2, 0.25) is 0 Å². The molecule has 0 bridgehead atoms. The van der Waals surface area contributed by atoms with Gasteiger partial charge in [0.1, 0.15) is 0 Å². The fourth-order valence-electron chi connectivity index (χ4n) is 3.18. The van der Waals surface area contributed by atoms with Crippen LogP contribution in [-0.4, -0.2) is 11.1 Å². The van der Waals surface area contributed by atoms with Gasteiger partial charge in [-0.2, -0.15) is 0 Å². The smallest absolute Gasteiger partial charge is 0.311 e. The molecule has 3 heteroatoms. The number of carbonyl (C=O) groups is 1. The summed E-state index contributed by atoms with van der Waals surface area (Å²) < 4.78 is 0.992. The van der Waals surface area contributed by atoms with Crippen molar-refractivity contribution in [2.75, 3.05) is 0 Å². The van der Waals surface area contributed by atoms with Crippen LogP contribution in [0.1, 0.15) is 44.6 Å². The van der Waals surface area contributed by atoms with Gasteiger partial charge in [-0.3, -0.25) is 4.79 Å². The molecule has 0 spiro atoms. The number of hydrogen-bond donors (Lipinski definition) is 1. The molecule has 2 rings (SSSR count). The Bertz CT molecular complexity index is 441. The van der Waals surface area contributed by atoms with Crippen molar-refractivity contribution >= 4 is 21.9 Å². The van der Waals surface area contributed by atoms with Crippen LogP contribution in [0.25, 0.3) is 0 Å². The lowest BCUT2D eigenvalue weighted by Gasteiger charge is -2.35. The van der Waals surface area contributed by atoms with E-state index in [2.05, 4.69) is 29.8 Å². The summed E-state index contributed by atoms with van der Waals surface area (Å²) in [5.74, 6) is 0.564. The van der Waals surface area contributed by atoms with E-state index in [9.17, 15) is 9.90 Å². The van der Waals surface area contributed by atoms with E-state index >= 15 is 0 Å². The minimum Gasteiger partial charge on any atom is -0.481 e. The van der Waals surface area contributed by atoms with Crippen LogP contribution in [0.2, 0.25) is 0 Å². The van der Waals surface area contributed by atoms with Gasteiger partial charge in [0.05, 0.1) is 5.92 Å². The number of aliphatic carboxylic acids is 1. The quantitative estimate of drug-likeness (QED) is 0.875. The number of carboxylic acids is 1. The maximum absolute atomic E-state index is 11.7. The Labute approximate surface area is 123 Å². The first kappa shape index (κ1) is 14.6. The molecule has 1 aliphatic carbocycles. The van der Waals surface area contributed by atoms with E-state index in [-0.39, 0.29) is 11.8 Å². The molecule has 4 unspecified atom stereocenters. The summed E-state index contributed by atoms with van der Waals surface area (Å²) in [5.41, 5.74) is 0.933. The first-order valence-electron chi connectivity index (χ1n) is 6.97. The Kier molecular flexibility index (Phi) is 4.67. The lowest BCUT2D eigenvalue weighted by molar-refractivity contribution is -0.140. The van der Waals surface area contributed by atoms with Gasteiger partial charge in [0.25, 0.3) is 0 Å². The molecule has 0 aliphatic heterocycles. The molecule has 1 fully saturated rings. The molecule has 0 amide bonds. The molecular formula is C16H21BrO2. The standard InChI is InChI=1S/C16H21BrO2/c1-10-3-4-13(9-11(10)2)15(16(18)19)12-5-7-14(17)8-6-12/h5-8,10-11,13,15H,3-4,9H2,1-2H3,(H,18,19). The van der Waals surface area contributed by atoms with Crippen LogP contribution in [0.15, 0.2) is 28.7 Å². The van der Waals surface area contributed by atoms with Gasteiger partial charge in [0, 0.05) is 4.47 Å². The lowest BCUT2D eigenvalue weighted by Crippen LogP contribution is -2.29. The summed E-state index contributed by atoms with van der Waals surface area (Å²) in [6, 6.07) is 7.73. The minimum absolute atomic E-state index is 0.268. The van der Waals surface area contributed by atoms with Crippen molar-refractivity contribution in [1.29, 1.82) is 0 Å². The van der Waals surface area contributed by atoms with Gasteiger partial charge in [0.15, 0.2) is 0 Å². The van der Waals surface area contributed by atoms with Crippen molar-refractivity contribution in [2.45, 2.75) is 39.0 Å². The summed E-state index contributed by atoms with van der Waals surface area (Å²) in [6.45, 7) is 4.52. The second kappa shape index (κ2) is 6.08. The molecule has 0 saturated heterocycles. The zero-order chi connectivity index (χ0) is 14.0. The number of benzene rings is 1. The topological polar surface area (TPSA) is 37.3 Å². The maximum atomic E-state index is 11.7. The molecule has 1 aromatic carbocycles. The third-order valence-corrected chi connectivity index (χ3v) is 5.13. The van der Waals surface area contributed by atoms with Crippen LogP contribution in [0, 0.1) is 17.8 Å². The highest BCUT2D eigenvalue weighted by Crippen LogP contribution is 2.41. The Morgan fingerprint density at radius 3 is 2.37 bits per heavy atom. The van der Waals surface area contributed by atoms with E-state index in [0.717, 1.165) is 35.2 Å². The fourth-order valence-corrected chi connectivity index (χ4v) is 3.44. The van der Waals surface area contributed by atoms with Crippen LogP contribution in [0.5, 0.6) is 0 Å². The highest BCUT2D eigenvalue weighted by atomic mass is 79.9. The molecule has 0 aromatic heterocycles. The molecule has 1 aromatic rings. The number of hydrogen-bond acceptors (Lipinski definition) is 1. The third-order valence-electron chi connectivity index (χ3n) is 4.61. The Morgan fingerprint density at radius 2 is 1.84 bits per heavy atom. The van der Waals surface area contributed by atoms with Crippen LogP contribution < -0.4 is 0 Å². The molecule has 0 heterocycles. The van der Waals surface area contributed by atoms with Crippen molar-refractivity contribution in [3.05, 3.63) is 34.3 Å². The molecule has 4 atom stereocenters. The second-order valence-corrected chi connectivity index (χ2v) is 6.81. The van der Waals surface area contributed by atoms with Gasteiger partial charge < -0.3 is 5.11 Å². The van der Waals surface area contributed by atoms with Crippen LogP contribution in [-0.2, 0) is 4.79 Å². The van der Waals surface area contributed by atoms with Crippen molar-refractivity contribution in [1.82, 2.24) is 0 Å². The molecule has 0 radical (unpaired) electrons. The predicted molar refractivity (Wildman–Crippen MR) is 80.2 cm³/mol. The van der Waals surface area contributed by atoms with Crippen molar-refractivity contribution < 1.29 is 9.90 Å². The second-order valence-electron chi connectivity index (χ2n) is 5.90. The highest BCUT2D eigenvalue weighted by molar-refractivity contribution is 9.10. The average Bonchev–Trinajstić information content (AvgIpc) is 2.36. The zero-order valence-electron chi connectivity index (χ0n) is 11.5. The number of carboxylic acid groups (broad SMARTS) is 1. The first-order chi connectivity index (χ1) is 8.99. The predicted octanol–water partition coefficient (Wildman–Crippen LogP) is 4.69. The van der Waals surface area contributed by atoms with Gasteiger partial charge >= 0.3 is 5.97 Å². The Balaban J connectivity index is 2.21. The van der Waals surface area contributed by atoms with Crippen molar-refractivity contribution in [3.8, 4) is 0 Å². The summed E-state index contributed by atoms with van der Waals surface area (Å²) in [6.07, 6.45) is 3.19.